The van der Waals surface area contributed by atoms with Gasteiger partial charge in [-0.15, -0.1) is 10.2 Å². The molecule has 0 aliphatic carbocycles. The molecule has 0 heterocycles. The first-order chi connectivity index (χ1) is 17.1. The first kappa shape index (κ1) is 29.2. The zero-order valence-electron chi connectivity index (χ0n) is 19.7. The molecule has 4 N–H and O–H groups in total. The van der Waals surface area contributed by atoms with E-state index in [2.05, 4.69) is 45.3 Å². The largest absolute Gasteiger partial charge is 0.506 e. The van der Waals surface area contributed by atoms with Gasteiger partial charge < -0.3 is 10.2 Å². The van der Waals surface area contributed by atoms with Crippen LogP contribution in [0.5, 0.6) is 11.5 Å². The molecule has 0 unspecified atom stereocenters. The molecule has 196 valence electrons. The molecular formula is C22H23N5O8S2. The summed E-state index contributed by atoms with van der Waals surface area (Å²) >= 11 is 0. The van der Waals surface area contributed by atoms with Gasteiger partial charge >= 0.3 is 0 Å². The van der Waals surface area contributed by atoms with Crippen molar-refractivity contribution in [3.8, 4) is 11.5 Å². The Balaban J connectivity index is 2.83. The van der Waals surface area contributed by atoms with Gasteiger partial charge in [0, 0.05) is 6.07 Å². The minimum atomic E-state index is -4.99. The van der Waals surface area contributed by atoms with Crippen LogP contribution in [0.4, 0.5) is 17.1 Å². The minimum absolute atomic E-state index is 0.0608. The molecule has 13 nitrogen and oxygen atoms in total. The van der Waals surface area contributed by atoms with Crippen molar-refractivity contribution in [3.05, 3.63) is 54.6 Å². The first-order valence-corrected chi connectivity index (χ1v) is 13.0. The van der Waals surface area contributed by atoms with Gasteiger partial charge in [0.25, 0.3) is 20.2 Å². The first-order valence-electron chi connectivity index (χ1n) is 10.1. The van der Waals surface area contributed by atoms with E-state index in [1.807, 2.05) is 0 Å². The molecule has 0 saturated carbocycles. The molecule has 0 spiro atoms. The van der Waals surface area contributed by atoms with Gasteiger partial charge in [-0.05, 0) is 38.3 Å². The van der Waals surface area contributed by atoms with Crippen LogP contribution in [0.15, 0.2) is 78.7 Å². The molecule has 0 aliphatic rings. The molecule has 37 heavy (non-hydrogen) atoms. The van der Waals surface area contributed by atoms with Crippen molar-refractivity contribution in [2.24, 2.45) is 25.4 Å². The summed E-state index contributed by atoms with van der Waals surface area (Å²) in [5, 5.41) is 35.8. The number of benzene rings is 2. The molecule has 15 heteroatoms. The van der Waals surface area contributed by atoms with Gasteiger partial charge in [-0.1, -0.05) is 30.9 Å². The third kappa shape index (κ3) is 6.79. The number of rotatable bonds is 10. The van der Waals surface area contributed by atoms with Crippen LogP contribution in [0.25, 0.3) is 11.3 Å². The predicted molar refractivity (Wildman–Crippen MR) is 138 cm³/mol. The summed E-state index contributed by atoms with van der Waals surface area (Å²) in [6.45, 7) is 14.0. The molecule has 0 fully saturated rings. The smallest absolute Gasteiger partial charge is 0.296 e. The highest BCUT2D eigenvalue weighted by atomic mass is 32.2. The Morgan fingerprint density at radius 1 is 0.946 bits per heavy atom. The summed E-state index contributed by atoms with van der Waals surface area (Å²) < 4.78 is 67.2. The van der Waals surface area contributed by atoms with Gasteiger partial charge in [-0.25, -0.2) is 0 Å². The van der Waals surface area contributed by atoms with E-state index in [-0.39, 0.29) is 28.9 Å². The lowest BCUT2D eigenvalue weighted by atomic mass is 9.98. The zero-order valence-corrected chi connectivity index (χ0v) is 21.3. The van der Waals surface area contributed by atoms with Crippen LogP contribution in [0.1, 0.15) is 25.0 Å². The fourth-order valence-electron chi connectivity index (χ4n) is 2.92. The van der Waals surface area contributed by atoms with Crippen LogP contribution >= 0.6 is 0 Å². The van der Waals surface area contributed by atoms with Crippen LogP contribution in [0.3, 0.4) is 0 Å². The fourth-order valence-corrected chi connectivity index (χ4v) is 4.19. The second-order valence-corrected chi connectivity index (χ2v) is 10.1. The predicted octanol–water partition coefficient (Wildman–Crippen LogP) is 5.37. The van der Waals surface area contributed by atoms with E-state index in [1.165, 1.54) is 6.92 Å². The van der Waals surface area contributed by atoms with Crippen molar-refractivity contribution in [2.75, 3.05) is 6.54 Å². The minimum Gasteiger partial charge on any atom is -0.506 e. The van der Waals surface area contributed by atoms with Crippen molar-refractivity contribution < 1.29 is 36.2 Å². The Kier molecular flexibility index (Phi) is 8.94. The van der Waals surface area contributed by atoms with Gasteiger partial charge in [0.05, 0.1) is 17.8 Å². The Labute approximate surface area is 213 Å². The molecule has 0 amide bonds. The highest BCUT2D eigenvalue weighted by molar-refractivity contribution is 7.86. The number of hydrogen-bond acceptors (Lipinski definition) is 11. The summed E-state index contributed by atoms with van der Waals surface area (Å²) in [5.41, 5.74) is -1.61. The molecule has 0 aromatic heterocycles. The third-order valence-electron chi connectivity index (χ3n) is 4.65. The number of aliphatic imine (C=N–C) groups is 1. The summed E-state index contributed by atoms with van der Waals surface area (Å²) in [7, 11) is -9.88. The van der Waals surface area contributed by atoms with E-state index in [1.54, 1.807) is 19.1 Å². The summed E-state index contributed by atoms with van der Waals surface area (Å²) in [6, 6.07) is 2.49. The zero-order chi connectivity index (χ0) is 28.1. The van der Waals surface area contributed by atoms with E-state index in [4.69, 9.17) is 0 Å². The SMILES string of the molecule is C=NC(=C)c1c(C(=C)C)cc(S(=O)(=O)O)c(N=Nc2cc(S(=O)(=O)O)c(N=NC/C=C/C)cc2O)c1O. The van der Waals surface area contributed by atoms with E-state index in [0.717, 1.165) is 12.1 Å². The van der Waals surface area contributed by atoms with E-state index >= 15 is 0 Å². The maximum absolute atomic E-state index is 12.1. The van der Waals surface area contributed by atoms with Crippen molar-refractivity contribution in [1.82, 2.24) is 0 Å². The molecular weight excluding hydrogens is 526 g/mol. The number of azo groups is 2. The number of nitrogens with zero attached hydrogens (tertiary/aromatic N) is 5. The van der Waals surface area contributed by atoms with E-state index in [9.17, 15) is 36.2 Å². The van der Waals surface area contributed by atoms with Gasteiger partial charge in [0.1, 0.15) is 32.6 Å². The van der Waals surface area contributed by atoms with Gasteiger partial charge in [0.2, 0.25) is 0 Å². The summed E-state index contributed by atoms with van der Waals surface area (Å²) in [5.74, 6) is -1.50. The normalized spacial score (nSPS) is 12.5. The average Bonchev–Trinajstić information content (AvgIpc) is 2.79. The number of allylic oxidation sites excluding steroid dienone is 2. The molecule has 0 saturated heterocycles. The Morgan fingerprint density at radius 2 is 1.57 bits per heavy atom. The van der Waals surface area contributed by atoms with Gasteiger partial charge in [-0.2, -0.15) is 27.1 Å². The van der Waals surface area contributed by atoms with Gasteiger partial charge in [0.15, 0.2) is 5.75 Å². The topological polar surface area (TPSA) is 211 Å². The highest BCUT2D eigenvalue weighted by Gasteiger charge is 2.26. The number of phenols is 2. The lowest BCUT2D eigenvalue weighted by Crippen LogP contribution is -2.02. The monoisotopic (exact) mass is 549 g/mol. The molecule has 0 aliphatic heterocycles. The number of phenolic OH excluding ortho intramolecular Hbond substituents is 2. The maximum atomic E-state index is 12.1. The molecule has 0 atom stereocenters. The number of hydrogen-bond donors (Lipinski definition) is 4. The Bertz CT molecular complexity index is 1590. The lowest BCUT2D eigenvalue weighted by Gasteiger charge is -2.15. The molecule has 2 aromatic rings. The maximum Gasteiger partial charge on any atom is 0.296 e. The Hall–Kier alpha value is -4.05. The van der Waals surface area contributed by atoms with Crippen LogP contribution < -0.4 is 0 Å². The molecule has 0 radical (unpaired) electrons. The van der Waals surface area contributed by atoms with Crippen molar-refractivity contribution in [1.29, 1.82) is 0 Å². The second kappa shape index (κ2) is 11.3. The van der Waals surface area contributed by atoms with Crippen molar-refractivity contribution >= 4 is 55.3 Å². The number of aromatic hydroxyl groups is 2. The summed E-state index contributed by atoms with van der Waals surface area (Å²) in [4.78, 5) is 1.96. The summed E-state index contributed by atoms with van der Waals surface area (Å²) in [6.07, 6.45) is 3.29. The average molecular weight is 550 g/mol. The van der Waals surface area contributed by atoms with Crippen LogP contribution in [-0.4, -0.2) is 49.4 Å². The lowest BCUT2D eigenvalue weighted by molar-refractivity contribution is 0.465. The van der Waals surface area contributed by atoms with Crippen LogP contribution in [0, 0.1) is 0 Å². The van der Waals surface area contributed by atoms with Crippen molar-refractivity contribution in [2.45, 2.75) is 23.6 Å². The molecule has 0 bridgehead atoms. The van der Waals surface area contributed by atoms with Crippen LogP contribution in [0.2, 0.25) is 0 Å². The molecule has 2 aromatic carbocycles. The van der Waals surface area contributed by atoms with Crippen molar-refractivity contribution in [3.63, 3.8) is 0 Å². The fraction of sp³-hybridized carbons (Fsp3) is 0.136. The molecule has 2 rings (SSSR count). The third-order valence-corrected chi connectivity index (χ3v) is 6.40. The van der Waals surface area contributed by atoms with E-state index in [0.29, 0.717) is 6.07 Å². The standard InChI is InChI=1S/C22H23N5O8S2/c1-6-7-8-24-25-16-10-17(28)15(11-18(16)36(30,31)32)26-27-21-19(37(33,34)35)9-14(12(2)3)20(22(21)29)13(4)23-5/h6-7,9-11,28-29H,2,4-5,8H2,1,3H3,(H,30,31,32)(H,33,34,35)/b7-6+,25-24?,27-26?. The van der Waals surface area contributed by atoms with E-state index < -0.39 is 58.6 Å². The Morgan fingerprint density at radius 3 is 2.08 bits per heavy atom. The quantitative estimate of drug-likeness (QED) is 0.130. The highest BCUT2D eigenvalue weighted by Crippen LogP contribution is 2.45. The van der Waals surface area contributed by atoms with Crippen LogP contribution in [-0.2, 0) is 20.2 Å². The van der Waals surface area contributed by atoms with Gasteiger partial charge in [-0.3, -0.25) is 14.1 Å². The second-order valence-electron chi connectivity index (χ2n) is 7.33.